The van der Waals surface area contributed by atoms with Gasteiger partial charge in [0.25, 0.3) is 0 Å². The first-order valence-electron chi connectivity index (χ1n) is 5.48. The molecule has 4 nitrogen and oxygen atoms in total. The highest BCUT2D eigenvalue weighted by molar-refractivity contribution is 9.10. The van der Waals surface area contributed by atoms with Crippen LogP contribution in [0.2, 0.25) is 5.02 Å². The van der Waals surface area contributed by atoms with E-state index in [1.165, 1.54) is 10.4 Å². The molecule has 0 aliphatic carbocycles. The van der Waals surface area contributed by atoms with Crippen LogP contribution in [0.5, 0.6) is 0 Å². The second-order valence-corrected chi connectivity index (χ2v) is 7.35. The van der Waals surface area contributed by atoms with Crippen molar-refractivity contribution >= 4 is 37.6 Å². The van der Waals surface area contributed by atoms with E-state index in [-0.39, 0.29) is 16.0 Å². The Morgan fingerprint density at radius 1 is 1.50 bits per heavy atom. The fraction of sp³-hybridized carbons (Fsp3) is 0.455. The van der Waals surface area contributed by atoms with Crippen LogP contribution in [-0.2, 0) is 14.8 Å². The number of sulfonamides is 1. The lowest BCUT2D eigenvalue weighted by atomic mass is 10.3. The van der Waals surface area contributed by atoms with Gasteiger partial charge in [0.15, 0.2) is 0 Å². The summed E-state index contributed by atoms with van der Waals surface area (Å²) in [4.78, 5) is 0.140. The highest BCUT2D eigenvalue weighted by Crippen LogP contribution is 2.28. The van der Waals surface area contributed by atoms with E-state index < -0.39 is 10.0 Å². The third-order valence-corrected chi connectivity index (χ3v) is 5.56. The van der Waals surface area contributed by atoms with E-state index in [1.807, 2.05) is 6.92 Å². The molecule has 18 heavy (non-hydrogen) atoms. The Kier molecular flexibility index (Phi) is 4.33. The van der Waals surface area contributed by atoms with Crippen LogP contribution in [0.4, 0.5) is 0 Å². The molecule has 7 heteroatoms. The van der Waals surface area contributed by atoms with E-state index in [9.17, 15) is 8.42 Å². The molecular weight excluding hydrogens is 342 g/mol. The maximum atomic E-state index is 12.4. The highest BCUT2D eigenvalue weighted by atomic mass is 79.9. The molecule has 1 unspecified atom stereocenters. The molecule has 0 saturated carbocycles. The number of rotatable bonds is 2. The molecule has 1 atom stereocenters. The fourth-order valence-electron chi connectivity index (χ4n) is 1.83. The van der Waals surface area contributed by atoms with Gasteiger partial charge >= 0.3 is 0 Å². The Bertz CT molecular complexity index is 549. The number of hydrogen-bond donors (Lipinski definition) is 0. The van der Waals surface area contributed by atoms with Crippen LogP contribution in [0.1, 0.15) is 6.92 Å². The summed E-state index contributed by atoms with van der Waals surface area (Å²) in [6.07, 6.45) is -0.0947. The molecule has 0 N–H and O–H groups in total. The van der Waals surface area contributed by atoms with Crippen LogP contribution in [0.25, 0.3) is 0 Å². The Labute approximate surface area is 120 Å². The summed E-state index contributed by atoms with van der Waals surface area (Å²) in [5.74, 6) is 0. The Morgan fingerprint density at radius 2 is 2.22 bits per heavy atom. The van der Waals surface area contributed by atoms with Crippen molar-refractivity contribution in [2.24, 2.45) is 0 Å². The van der Waals surface area contributed by atoms with Gasteiger partial charge in [0.1, 0.15) is 4.90 Å². The number of morpholine rings is 1. The van der Waals surface area contributed by atoms with Gasteiger partial charge in [0, 0.05) is 17.6 Å². The van der Waals surface area contributed by atoms with Gasteiger partial charge in [-0.25, -0.2) is 8.42 Å². The first-order valence-corrected chi connectivity index (χ1v) is 8.09. The zero-order chi connectivity index (χ0) is 13.3. The lowest BCUT2D eigenvalue weighted by Gasteiger charge is -2.30. The number of halogens is 2. The summed E-state index contributed by atoms with van der Waals surface area (Å²) in [7, 11) is -3.54. The number of hydrogen-bond acceptors (Lipinski definition) is 3. The van der Waals surface area contributed by atoms with Crippen molar-refractivity contribution in [1.82, 2.24) is 4.31 Å². The van der Waals surface area contributed by atoms with Gasteiger partial charge in [0.2, 0.25) is 10.0 Å². The second kappa shape index (κ2) is 5.46. The summed E-state index contributed by atoms with van der Waals surface area (Å²) in [6, 6.07) is 4.77. The predicted octanol–water partition coefficient (Wildman–Crippen LogP) is 2.51. The molecule has 1 heterocycles. The molecule has 0 radical (unpaired) electrons. The third-order valence-electron chi connectivity index (χ3n) is 2.72. The topological polar surface area (TPSA) is 46.6 Å². The monoisotopic (exact) mass is 353 g/mol. The first kappa shape index (κ1) is 14.3. The van der Waals surface area contributed by atoms with E-state index in [2.05, 4.69) is 15.9 Å². The maximum Gasteiger partial charge on any atom is 0.244 e. The van der Waals surface area contributed by atoms with Gasteiger partial charge in [-0.2, -0.15) is 4.31 Å². The van der Waals surface area contributed by atoms with Gasteiger partial charge < -0.3 is 4.74 Å². The standard InChI is InChI=1S/C11H13BrClNO3S/c1-8-7-14(4-5-17-8)18(15,16)11-3-2-9(12)6-10(11)13/h2-3,6,8H,4-5,7H2,1H3. The number of benzene rings is 1. The van der Waals surface area contributed by atoms with Crippen LogP contribution in [0, 0.1) is 0 Å². The van der Waals surface area contributed by atoms with Crippen LogP contribution < -0.4 is 0 Å². The van der Waals surface area contributed by atoms with Gasteiger partial charge in [0.05, 0.1) is 17.7 Å². The van der Waals surface area contributed by atoms with Crippen LogP contribution in [-0.4, -0.2) is 38.5 Å². The third kappa shape index (κ3) is 2.88. The van der Waals surface area contributed by atoms with Crippen LogP contribution in [0.3, 0.4) is 0 Å². The number of ether oxygens (including phenoxy) is 1. The summed E-state index contributed by atoms with van der Waals surface area (Å²) in [6.45, 7) is 2.98. The number of nitrogens with zero attached hydrogens (tertiary/aromatic N) is 1. The minimum atomic E-state index is -3.54. The van der Waals surface area contributed by atoms with E-state index >= 15 is 0 Å². The molecule has 2 rings (SSSR count). The summed E-state index contributed by atoms with van der Waals surface area (Å²) in [5.41, 5.74) is 0. The molecule has 100 valence electrons. The molecule has 0 bridgehead atoms. The second-order valence-electron chi connectivity index (χ2n) is 4.12. The molecular formula is C11H13BrClNO3S. The van der Waals surface area contributed by atoms with Gasteiger partial charge in [-0.05, 0) is 25.1 Å². The van der Waals surface area contributed by atoms with Gasteiger partial charge in [-0.3, -0.25) is 0 Å². The smallest absolute Gasteiger partial charge is 0.244 e. The first-order chi connectivity index (χ1) is 8.41. The summed E-state index contributed by atoms with van der Waals surface area (Å²) in [5, 5.41) is 0.225. The molecule has 0 aromatic heterocycles. The van der Waals surface area contributed by atoms with Crippen LogP contribution in [0.15, 0.2) is 27.6 Å². The summed E-state index contributed by atoms with van der Waals surface area (Å²) < 4.78 is 32.4. The normalized spacial score (nSPS) is 22.1. The molecule has 1 aliphatic heterocycles. The van der Waals surface area contributed by atoms with Crippen molar-refractivity contribution in [2.75, 3.05) is 19.7 Å². The van der Waals surface area contributed by atoms with Crippen molar-refractivity contribution < 1.29 is 13.2 Å². The molecule has 1 aromatic rings. The molecule has 1 saturated heterocycles. The van der Waals surface area contributed by atoms with E-state index in [0.29, 0.717) is 19.7 Å². The molecule has 0 spiro atoms. The van der Waals surface area contributed by atoms with Crippen molar-refractivity contribution in [2.45, 2.75) is 17.9 Å². The largest absolute Gasteiger partial charge is 0.376 e. The lowest BCUT2D eigenvalue weighted by Crippen LogP contribution is -2.44. The maximum absolute atomic E-state index is 12.4. The lowest BCUT2D eigenvalue weighted by molar-refractivity contribution is 0.0102. The Morgan fingerprint density at radius 3 is 2.83 bits per heavy atom. The average Bonchev–Trinajstić information content (AvgIpc) is 2.28. The zero-order valence-electron chi connectivity index (χ0n) is 9.77. The summed E-state index contributed by atoms with van der Waals surface area (Å²) >= 11 is 9.26. The van der Waals surface area contributed by atoms with Crippen molar-refractivity contribution in [3.63, 3.8) is 0 Å². The zero-order valence-corrected chi connectivity index (χ0v) is 12.9. The van der Waals surface area contributed by atoms with E-state index in [4.69, 9.17) is 16.3 Å². The molecule has 0 amide bonds. The average molecular weight is 355 g/mol. The molecule has 1 fully saturated rings. The van der Waals surface area contributed by atoms with Gasteiger partial charge in [-0.1, -0.05) is 27.5 Å². The molecule has 1 aliphatic rings. The van der Waals surface area contributed by atoms with Gasteiger partial charge in [-0.15, -0.1) is 0 Å². The highest BCUT2D eigenvalue weighted by Gasteiger charge is 2.30. The predicted molar refractivity (Wildman–Crippen MR) is 73.3 cm³/mol. The SMILES string of the molecule is CC1CN(S(=O)(=O)c2ccc(Br)cc2Cl)CCO1. The Hall–Kier alpha value is -0.140. The van der Waals surface area contributed by atoms with Crippen LogP contribution >= 0.6 is 27.5 Å². The van der Waals surface area contributed by atoms with Crippen molar-refractivity contribution in [1.29, 1.82) is 0 Å². The van der Waals surface area contributed by atoms with E-state index in [1.54, 1.807) is 12.1 Å². The molecule has 1 aromatic carbocycles. The van der Waals surface area contributed by atoms with Crippen molar-refractivity contribution in [3.05, 3.63) is 27.7 Å². The Balaban J connectivity index is 2.35. The minimum Gasteiger partial charge on any atom is -0.376 e. The van der Waals surface area contributed by atoms with Crippen molar-refractivity contribution in [3.8, 4) is 0 Å². The van der Waals surface area contributed by atoms with E-state index in [0.717, 1.165) is 4.47 Å². The quantitative estimate of drug-likeness (QED) is 0.820. The minimum absolute atomic E-state index is 0.0947. The fourth-order valence-corrected chi connectivity index (χ4v) is 4.34.